The van der Waals surface area contributed by atoms with Gasteiger partial charge in [0.25, 0.3) is 5.56 Å². The van der Waals surface area contributed by atoms with Crippen LogP contribution in [0.5, 0.6) is 0 Å². The summed E-state index contributed by atoms with van der Waals surface area (Å²) in [6, 6.07) is 7.14. The first-order valence-corrected chi connectivity index (χ1v) is 10.6. The van der Waals surface area contributed by atoms with E-state index < -0.39 is 28.6 Å². The minimum Gasteiger partial charge on any atom is -0.352 e. The highest BCUT2D eigenvalue weighted by molar-refractivity contribution is 5.95. The zero-order valence-corrected chi connectivity index (χ0v) is 17.7. The third-order valence-electron chi connectivity index (χ3n) is 5.78. The maximum Gasteiger partial charge on any atom is 0.252 e. The van der Waals surface area contributed by atoms with Gasteiger partial charge in [-0.1, -0.05) is 13.0 Å². The van der Waals surface area contributed by atoms with Gasteiger partial charge in [-0.2, -0.15) is 5.10 Å². The minimum absolute atomic E-state index is 0.0906. The van der Waals surface area contributed by atoms with Crippen molar-refractivity contribution in [2.75, 3.05) is 18.4 Å². The Hall–Kier alpha value is -3.66. The normalized spacial score (nSPS) is 18.5. The molecule has 0 spiro atoms. The lowest BCUT2D eigenvalue weighted by Gasteiger charge is -2.28. The van der Waals surface area contributed by atoms with Gasteiger partial charge in [0.15, 0.2) is 0 Å². The molecule has 1 aliphatic rings. The van der Waals surface area contributed by atoms with Crippen molar-refractivity contribution in [2.45, 2.75) is 19.4 Å². The monoisotopic (exact) mass is 454 g/mol. The van der Waals surface area contributed by atoms with Gasteiger partial charge in [0.05, 0.1) is 11.1 Å². The average Bonchev–Trinajstić information content (AvgIpc) is 3.16. The predicted molar refractivity (Wildman–Crippen MR) is 119 cm³/mol. The van der Waals surface area contributed by atoms with Gasteiger partial charge in [-0.05, 0) is 37.1 Å². The van der Waals surface area contributed by atoms with Crippen LogP contribution >= 0.6 is 0 Å². The first kappa shape index (κ1) is 21.2. The fourth-order valence-corrected chi connectivity index (χ4v) is 4.29. The molecule has 33 heavy (non-hydrogen) atoms. The number of benzene rings is 2. The molecule has 2 atom stereocenters. The molecule has 0 saturated carbocycles. The van der Waals surface area contributed by atoms with E-state index in [2.05, 4.69) is 37.7 Å². The quantitative estimate of drug-likeness (QED) is 0.376. The Labute approximate surface area is 186 Å². The third-order valence-corrected chi connectivity index (χ3v) is 5.78. The number of H-pyrrole nitrogens is 2. The second-order valence-electron chi connectivity index (χ2n) is 8.37. The smallest absolute Gasteiger partial charge is 0.252 e. The highest BCUT2D eigenvalue weighted by Gasteiger charge is 2.21. The molecule has 0 unspecified atom stereocenters. The Kier molecular flexibility index (Phi) is 5.37. The van der Waals surface area contributed by atoms with E-state index in [1.807, 2.05) is 0 Å². The lowest BCUT2D eigenvalue weighted by Crippen LogP contribution is -2.42. The summed E-state index contributed by atoms with van der Waals surface area (Å²) in [7, 11) is 0. The zero-order valence-electron chi connectivity index (χ0n) is 17.7. The number of aromatic amines is 2. The fourth-order valence-electron chi connectivity index (χ4n) is 4.29. The van der Waals surface area contributed by atoms with Gasteiger partial charge in [-0.15, -0.1) is 0 Å². The molecule has 4 N–H and O–H groups in total. The van der Waals surface area contributed by atoms with Gasteiger partial charge in [0.2, 0.25) is 5.95 Å². The van der Waals surface area contributed by atoms with Gasteiger partial charge >= 0.3 is 0 Å². The molecule has 2 aromatic carbocycles. The molecule has 1 saturated heterocycles. The molecule has 1 fully saturated rings. The van der Waals surface area contributed by atoms with Gasteiger partial charge in [-0.25, -0.2) is 18.2 Å². The summed E-state index contributed by atoms with van der Waals surface area (Å²) in [5.74, 6) is -1.80. The van der Waals surface area contributed by atoms with Gasteiger partial charge in [-0.3, -0.25) is 14.9 Å². The van der Waals surface area contributed by atoms with E-state index >= 15 is 0 Å². The minimum atomic E-state index is -0.880. The van der Waals surface area contributed by atoms with Crippen LogP contribution in [0.15, 0.2) is 41.2 Å². The van der Waals surface area contributed by atoms with Crippen LogP contribution in [0.4, 0.5) is 19.1 Å². The summed E-state index contributed by atoms with van der Waals surface area (Å²) in [6.45, 7) is 3.81. The van der Waals surface area contributed by atoms with Crippen molar-refractivity contribution >= 4 is 16.9 Å². The predicted octanol–water partition coefficient (Wildman–Crippen LogP) is 3.81. The average molecular weight is 454 g/mol. The molecule has 3 heterocycles. The first-order chi connectivity index (χ1) is 15.9. The van der Waals surface area contributed by atoms with E-state index in [0.29, 0.717) is 16.8 Å². The highest BCUT2D eigenvalue weighted by atomic mass is 19.1. The molecular weight excluding hydrogens is 433 g/mol. The number of fused-ring (bicyclic) bond motifs is 1. The molecule has 0 bridgehead atoms. The van der Waals surface area contributed by atoms with Crippen LogP contribution < -0.4 is 16.2 Å². The van der Waals surface area contributed by atoms with Crippen molar-refractivity contribution in [2.24, 2.45) is 5.92 Å². The Morgan fingerprint density at radius 2 is 1.85 bits per heavy atom. The highest BCUT2D eigenvalue weighted by Crippen LogP contribution is 2.34. The van der Waals surface area contributed by atoms with Crippen LogP contribution in [0.25, 0.3) is 33.4 Å². The summed E-state index contributed by atoms with van der Waals surface area (Å²) in [5, 5.41) is 13.8. The van der Waals surface area contributed by atoms with Crippen LogP contribution in [-0.4, -0.2) is 39.3 Å². The zero-order chi connectivity index (χ0) is 23.1. The number of halogens is 3. The van der Waals surface area contributed by atoms with Crippen LogP contribution in [0.3, 0.4) is 0 Å². The topological polar surface area (TPSA) is 98.5 Å². The molecule has 170 valence electrons. The number of piperidine rings is 1. The lowest BCUT2D eigenvalue weighted by molar-refractivity contribution is 0.377. The van der Waals surface area contributed by atoms with Crippen LogP contribution in [0.2, 0.25) is 0 Å². The summed E-state index contributed by atoms with van der Waals surface area (Å²) >= 11 is 0. The second kappa shape index (κ2) is 8.36. The molecule has 0 aliphatic carbocycles. The van der Waals surface area contributed by atoms with Crippen LogP contribution in [0.1, 0.15) is 13.3 Å². The van der Waals surface area contributed by atoms with Crippen molar-refractivity contribution in [1.29, 1.82) is 0 Å². The van der Waals surface area contributed by atoms with Crippen LogP contribution in [-0.2, 0) is 0 Å². The SMILES string of the molecule is C[C@@H]1CNC[C@@H](Nc2nc(-c3n[nH]c4cc(F)c(-c5c(F)cccc5F)cc34)cc(=O)[nH]2)C1. The Morgan fingerprint density at radius 3 is 2.61 bits per heavy atom. The summed E-state index contributed by atoms with van der Waals surface area (Å²) in [6.07, 6.45) is 0.920. The lowest BCUT2D eigenvalue weighted by atomic mass is 9.98. The number of aromatic nitrogens is 4. The maximum atomic E-state index is 14.7. The van der Waals surface area contributed by atoms with Crippen molar-refractivity contribution in [3.05, 3.63) is 64.2 Å². The number of hydrogen-bond donors (Lipinski definition) is 4. The molecule has 7 nitrogen and oxygen atoms in total. The Balaban J connectivity index is 1.58. The van der Waals surface area contributed by atoms with Gasteiger partial charge in [0.1, 0.15) is 28.8 Å². The number of rotatable bonds is 4. The second-order valence-corrected chi connectivity index (χ2v) is 8.37. The van der Waals surface area contributed by atoms with Crippen molar-refractivity contribution < 1.29 is 13.2 Å². The molecule has 10 heteroatoms. The largest absolute Gasteiger partial charge is 0.352 e. The molecule has 1 aliphatic heterocycles. The number of nitrogens with zero attached hydrogens (tertiary/aromatic N) is 2. The summed E-state index contributed by atoms with van der Waals surface area (Å²) in [4.78, 5) is 19.5. The Bertz CT molecular complexity index is 1380. The fraction of sp³-hybridized carbons (Fsp3) is 0.261. The molecule has 5 rings (SSSR count). The molecule has 4 aromatic rings. The van der Waals surface area contributed by atoms with E-state index in [1.165, 1.54) is 18.2 Å². The maximum absolute atomic E-state index is 14.7. The number of nitrogens with one attached hydrogen (secondary N) is 4. The third kappa shape index (κ3) is 4.09. The summed E-state index contributed by atoms with van der Waals surface area (Å²) < 4.78 is 43.4. The van der Waals surface area contributed by atoms with Crippen molar-refractivity contribution in [3.63, 3.8) is 0 Å². The van der Waals surface area contributed by atoms with Crippen LogP contribution in [0, 0.1) is 23.4 Å². The summed E-state index contributed by atoms with van der Waals surface area (Å²) in [5.41, 5.74) is -0.276. The van der Waals surface area contributed by atoms with Crippen molar-refractivity contribution in [1.82, 2.24) is 25.5 Å². The van der Waals surface area contributed by atoms with Gasteiger partial charge in [0, 0.05) is 35.7 Å². The first-order valence-electron chi connectivity index (χ1n) is 10.6. The van der Waals surface area contributed by atoms with Crippen molar-refractivity contribution in [3.8, 4) is 22.5 Å². The molecular formula is C23H21F3N6O. The number of hydrogen-bond acceptors (Lipinski definition) is 5. The van der Waals surface area contributed by atoms with Gasteiger partial charge < -0.3 is 10.6 Å². The molecule has 0 amide bonds. The van der Waals surface area contributed by atoms with E-state index in [0.717, 1.165) is 37.7 Å². The van der Waals surface area contributed by atoms with E-state index in [9.17, 15) is 18.0 Å². The Morgan fingerprint density at radius 1 is 1.06 bits per heavy atom. The molecule has 2 aromatic heterocycles. The standard InChI is InChI=1S/C23H21F3N6O/c1-11-5-12(10-27-9-11)28-23-29-19(8-20(33)30-23)22-14-6-13(17(26)7-18(14)31-32-22)21-15(24)3-2-4-16(21)25/h2-4,6-8,11-12,27H,5,9-10H2,1H3,(H,31,32)(H2,28,29,30,33)/t11-,12-/m0/s1. The van der Waals surface area contributed by atoms with E-state index in [4.69, 9.17) is 0 Å². The van der Waals surface area contributed by atoms with E-state index in [1.54, 1.807) is 0 Å². The van der Waals surface area contributed by atoms with E-state index in [-0.39, 0.29) is 28.9 Å². The molecule has 0 radical (unpaired) electrons. The number of anilines is 1.